The number of piperidine rings is 2. The second-order valence-corrected chi connectivity index (χ2v) is 8.37. The molecule has 0 aromatic carbocycles. The number of rotatable bonds is 5. The largest absolute Gasteiger partial charge is 0.296 e. The Morgan fingerprint density at radius 1 is 0.846 bits per heavy atom. The average molecular weight is 357 g/mol. The average Bonchev–Trinajstić information content (AvgIpc) is 3.25. The third-order valence-corrected chi connectivity index (χ3v) is 5.80. The van der Waals surface area contributed by atoms with Crippen LogP contribution in [-0.4, -0.2) is 55.5 Å². The van der Waals surface area contributed by atoms with Crippen molar-refractivity contribution in [1.29, 1.82) is 0 Å². The summed E-state index contributed by atoms with van der Waals surface area (Å²) in [5.41, 5.74) is 0. The van der Waals surface area contributed by atoms with Gasteiger partial charge in [0.1, 0.15) is 0 Å². The van der Waals surface area contributed by atoms with Gasteiger partial charge in [-0.05, 0) is 62.7 Å². The van der Waals surface area contributed by atoms with Gasteiger partial charge in [-0.1, -0.05) is 13.8 Å². The summed E-state index contributed by atoms with van der Waals surface area (Å²) in [6.07, 6.45) is 9.45. The maximum absolute atomic E-state index is 4.60. The first-order chi connectivity index (χ1) is 12.7. The van der Waals surface area contributed by atoms with E-state index in [9.17, 15) is 0 Å². The van der Waals surface area contributed by atoms with Crippen LogP contribution >= 0.6 is 0 Å². The third-order valence-electron chi connectivity index (χ3n) is 5.80. The van der Waals surface area contributed by atoms with Crippen molar-refractivity contribution >= 4 is 0 Å². The van der Waals surface area contributed by atoms with E-state index < -0.39 is 0 Å². The van der Waals surface area contributed by atoms with E-state index in [1.165, 1.54) is 38.8 Å². The molecule has 2 atom stereocenters. The summed E-state index contributed by atoms with van der Waals surface area (Å²) in [7, 11) is 0. The Bertz CT molecular complexity index is 650. The fraction of sp³-hybridized carbons (Fsp3) is 0.700. The molecule has 142 valence electrons. The summed E-state index contributed by atoms with van der Waals surface area (Å²) in [5, 5.41) is 9.20. The molecule has 6 heteroatoms. The molecule has 0 N–H and O–H groups in total. The smallest absolute Gasteiger partial charge is 0.167 e. The SMILES string of the molecule is C[C@@H]1CCCN(Cc2nnc(CN3CCC[C@H](C)C3)n2-n2cccc2)C1. The number of hydrogen-bond donors (Lipinski definition) is 0. The van der Waals surface area contributed by atoms with Gasteiger partial charge >= 0.3 is 0 Å². The molecule has 2 aromatic rings. The van der Waals surface area contributed by atoms with Crippen LogP contribution in [0.2, 0.25) is 0 Å². The minimum Gasteiger partial charge on any atom is -0.296 e. The molecule has 0 spiro atoms. The number of hydrogen-bond acceptors (Lipinski definition) is 4. The van der Waals surface area contributed by atoms with Gasteiger partial charge in [0.15, 0.2) is 11.6 Å². The van der Waals surface area contributed by atoms with E-state index >= 15 is 0 Å². The van der Waals surface area contributed by atoms with Gasteiger partial charge in [0.25, 0.3) is 0 Å². The van der Waals surface area contributed by atoms with Gasteiger partial charge in [0, 0.05) is 25.5 Å². The predicted molar refractivity (Wildman–Crippen MR) is 103 cm³/mol. The quantitative estimate of drug-likeness (QED) is 0.826. The molecule has 2 aliphatic heterocycles. The summed E-state index contributed by atoms with van der Waals surface area (Å²) in [6, 6.07) is 4.14. The molecule has 0 bridgehead atoms. The second-order valence-electron chi connectivity index (χ2n) is 8.37. The minimum atomic E-state index is 0.779. The van der Waals surface area contributed by atoms with Gasteiger partial charge in [0.2, 0.25) is 0 Å². The third kappa shape index (κ3) is 4.01. The number of likely N-dealkylation sites (tertiary alicyclic amines) is 2. The lowest BCUT2D eigenvalue weighted by molar-refractivity contribution is 0.165. The first-order valence-electron chi connectivity index (χ1n) is 10.2. The fourth-order valence-electron chi connectivity index (χ4n) is 4.53. The first-order valence-corrected chi connectivity index (χ1v) is 10.2. The van der Waals surface area contributed by atoms with Crippen molar-refractivity contribution < 1.29 is 0 Å². The molecule has 0 unspecified atom stereocenters. The van der Waals surface area contributed by atoms with Crippen molar-refractivity contribution in [3.05, 3.63) is 36.2 Å². The molecular formula is C20H32N6. The Morgan fingerprint density at radius 2 is 1.35 bits per heavy atom. The number of aromatic nitrogens is 4. The minimum absolute atomic E-state index is 0.779. The normalized spacial score (nSPS) is 25.6. The summed E-state index contributed by atoms with van der Waals surface area (Å²) in [4.78, 5) is 5.07. The van der Waals surface area contributed by atoms with Gasteiger partial charge in [-0.15, -0.1) is 10.2 Å². The Morgan fingerprint density at radius 3 is 1.81 bits per heavy atom. The van der Waals surface area contributed by atoms with Gasteiger partial charge < -0.3 is 0 Å². The molecule has 2 aromatic heterocycles. The zero-order valence-corrected chi connectivity index (χ0v) is 16.2. The summed E-state index contributed by atoms with van der Waals surface area (Å²) >= 11 is 0. The van der Waals surface area contributed by atoms with E-state index in [4.69, 9.17) is 0 Å². The molecule has 4 heterocycles. The van der Waals surface area contributed by atoms with E-state index in [1.54, 1.807) is 0 Å². The molecule has 0 amide bonds. The molecule has 2 saturated heterocycles. The summed E-state index contributed by atoms with van der Waals surface area (Å²) in [6.45, 7) is 11.1. The van der Waals surface area contributed by atoms with E-state index in [0.29, 0.717) is 0 Å². The van der Waals surface area contributed by atoms with Crippen molar-refractivity contribution in [3.8, 4) is 0 Å². The van der Waals surface area contributed by atoms with Gasteiger partial charge in [-0.25, -0.2) is 4.68 Å². The highest BCUT2D eigenvalue weighted by Gasteiger charge is 2.23. The van der Waals surface area contributed by atoms with Crippen molar-refractivity contribution in [1.82, 2.24) is 29.3 Å². The van der Waals surface area contributed by atoms with Crippen LogP contribution in [0, 0.1) is 11.8 Å². The maximum atomic E-state index is 4.60. The first kappa shape index (κ1) is 17.7. The number of nitrogens with zero attached hydrogens (tertiary/aromatic N) is 6. The summed E-state index contributed by atoms with van der Waals surface area (Å²) in [5.74, 6) is 3.66. The maximum Gasteiger partial charge on any atom is 0.167 e. The Kier molecular flexibility index (Phi) is 5.41. The zero-order chi connectivity index (χ0) is 17.9. The standard InChI is InChI=1S/C20H32N6/c1-17-7-5-9-23(13-17)15-19-21-22-20(26(19)25-11-3-4-12-25)16-24-10-6-8-18(2)14-24/h3-4,11-12,17-18H,5-10,13-16H2,1-2H3/t17-,18+. The lowest BCUT2D eigenvalue weighted by Crippen LogP contribution is -2.36. The van der Waals surface area contributed by atoms with Gasteiger partial charge in [-0.2, -0.15) is 0 Å². The summed E-state index contributed by atoms with van der Waals surface area (Å²) < 4.78 is 4.35. The highest BCUT2D eigenvalue weighted by molar-refractivity contribution is 5.02. The highest BCUT2D eigenvalue weighted by atomic mass is 15.5. The van der Waals surface area contributed by atoms with Crippen LogP contribution in [0.1, 0.15) is 51.2 Å². The predicted octanol–water partition coefficient (Wildman–Crippen LogP) is 2.85. The second kappa shape index (κ2) is 7.92. The Hall–Kier alpha value is -1.66. The van der Waals surface area contributed by atoms with Crippen LogP contribution in [0.5, 0.6) is 0 Å². The molecule has 2 aliphatic rings. The van der Waals surface area contributed by atoms with Crippen LogP contribution in [0.3, 0.4) is 0 Å². The van der Waals surface area contributed by atoms with Crippen molar-refractivity contribution in [2.45, 2.75) is 52.6 Å². The highest BCUT2D eigenvalue weighted by Crippen LogP contribution is 2.20. The topological polar surface area (TPSA) is 42.1 Å². The molecule has 0 aliphatic carbocycles. The van der Waals surface area contributed by atoms with Crippen LogP contribution in [0.4, 0.5) is 0 Å². The van der Waals surface area contributed by atoms with E-state index in [2.05, 4.69) is 67.7 Å². The zero-order valence-electron chi connectivity index (χ0n) is 16.2. The Balaban J connectivity index is 1.55. The molecule has 4 rings (SSSR count). The van der Waals surface area contributed by atoms with Crippen LogP contribution in [0.15, 0.2) is 24.5 Å². The monoisotopic (exact) mass is 356 g/mol. The molecule has 2 fully saturated rings. The van der Waals surface area contributed by atoms with Gasteiger partial charge in [-0.3, -0.25) is 14.5 Å². The van der Waals surface area contributed by atoms with Crippen LogP contribution in [-0.2, 0) is 13.1 Å². The van der Waals surface area contributed by atoms with Crippen molar-refractivity contribution in [3.63, 3.8) is 0 Å². The molecular weight excluding hydrogens is 324 g/mol. The molecule has 26 heavy (non-hydrogen) atoms. The molecule has 0 radical (unpaired) electrons. The van der Waals surface area contributed by atoms with Crippen LogP contribution < -0.4 is 0 Å². The molecule has 6 nitrogen and oxygen atoms in total. The van der Waals surface area contributed by atoms with E-state index in [1.807, 2.05) is 0 Å². The van der Waals surface area contributed by atoms with Crippen molar-refractivity contribution in [2.24, 2.45) is 11.8 Å². The lowest BCUT2D eigenvalue weighted by atomic mass is 10.0. The van der Waals surface area contributed by atoms with Crippen LogP contribution in [0.25, 0.3) is 0 Å². The lowest BCUT2D eigenvalue weighted by Gasteiger charge is -2.31. The van der Waals surface area contributed by atoms with E-state index in [0.717, 1.165) is 49.7 Å². The van der Waals surface area contributed by atoms with Gasteiger partial charge in [0.05, 0.1) is 13.1 Å². The van der Waals surface area contributed by atoms with E-state index in [-0.39, 0.29) is 0 Å². The van der Waals surface area contributed by atoms with Crippen molar-refractivity contribution in [2.75, 3.05) is 26.2 Å². The fourth-order valence-corrected chi connectivity index (χ4v) is 4.53. The molecule has 0 saturated carbocycles. The Labute approximate surface area is 156 Å².